The topological polar surface area (TPSA) is 104 Å². The van der Waals surface area contributed by atoms with Crippen LogP contribution in [0.2, 0.25) is 0 Å². The van der Waals surface area contributed by atoms with Gasteiger partial charge in [0, 0.05) is 39.8 Å². The molecule has 7 nitrogen and oxygen atoms in total. The van der Waals surface area contributed by atoms with Crippen LogP contribution in [0.5, 0.6) is 0 Å². The Hall–Kier alpha value is -3.91. The van der Waals surface area contributed by atoms with Crippen LogP contribution >= 0.6 is 11.3 Å². The highest BCUT2D eigenvalue weighted by molar-refractivity contribution is 7.19. The molecule has 172 valence electrons. The van der Waals surface area contributed by atoms with E-state index in [1.54, 1.807) is 17.5 Å². The molecule has 8 heteroatoms. The first-order valence-corrected chi connectivity index (χ1v) is 11.9. The number of H-pyrrole nitrogens is 1. The summed E-state index contributed by atoms with van der Waals surface area (Å²) in [4.78, 5) is 24.6. The Morgan fingerprint density at radius 2 is 1.94 bits per heavy atom. The van der Waals surface area contributed by atoms with Gasteiger partial charge in [-0.15, -0.1) is 0 Å². The average molecular weight is 473 g/mol. The molecular formula is C26H24N4O3S. The third kappa shape index (κ3) is 4.32. The number of rotatable bonds is 8. The minimum absolute atomic E-state index is 0.0290. The van der Waals surface area contributed by atoms with Crippen LogP contribution in [0.15, 0.2) is 71.7 Å². The van der Waals surface area contributed by atoms with Gasteiger partial charge >= 0.3 is 5.97 Å². The molecule has 0 radical (unpaired) electrons. The molecule has 0 saturated heterocycles. The number of hydrogen-bond donors (Lipinski definition) is 3. The van der Waals surface area contributed by atoms with Crippen LogP contribution in [-0.4, -0.2) is 32.1 Å². The summed E-state index contributed by atoms with van der Waals surface area (Å²) < 4.78 is 5.41. The predicted molar refractivity (Wildman–Crippen MR) is 135 cm³/mol. The Kier molecular flexibility index (Phi) is 5.90. The number of aromatic amines is 1. The highest BCUT2D eigenvalue weighted by atomic mass is 32.1. The quantitative estimate of drug-likeness (QED) is 0.237. The molecule has 0 saturated carbocycles. The first-order chi connectivity index (χ1) is 16.5. The SMILES string of the molecule is CC(C)C(CC(=O)O)Nc1nc(-c2ccc(-c3cnco3)cc2)c(-c2cccc3[nH]ccc23)s1. The van der Waals surface area contributed by atoms with Crippen molar-refractivity contribution >= 4 is 33.3 Å². The molecule has 1 atom stereocenters. The molecular weight excluding hydrogens is 448 g/mol. The van der Waals surface area contributed by atoms with Crippen molar-refractivity contribution in [1.82, 2.24) is 15.0 Å². The molecule has 0 aliphatic rings. The van der Waals surface area contributed by atoms with Crippen molar-refractivity contribution in [1.29, 1.82) is 0 Å². The maximum absolute atomic E-state index is 11.4. The third-order valence-corrected chi connectivity index (χ3v) is 6.87. The monoisotopic (exact) mass is 472 g/mol. The molecule has 0 aliphatic carbocycles. The van der Waals surface area contributed by atoms with Gasteiger partial charge in [-0.05, 0) is 18.1 Å². The van der Waals surface area contributed by atoms with E-state index in [1.165, 1.54) is 6.39 Å². The largest absolute Gasteiger partial charge is 0.481 e. The number of anilines is 1. The van der Waals surface area contributed by atoms with E-state index in [-0.39, 0.29) is 18.4 Å². The second-order valence-corrected chi connectivity index (χ2v) is 9.48. The number of nitrogens with one attached hydrogen (secondary N) is 2. The molecule has 0 fully saturated rings. The number of carbonyl (C=O) groups is 1. The van der Waals surface area contributed by atoms with Gasteiger partial charge in [0.05, 0.1) is 23.2 Å². The molecule has 3 aromatic heterocycles. The minimum atomic E-state index is -0.830. The van der Waals surface area contributed by atoms with Crippen LogP contribution in [0.25, 0.3) is 43.9 Å². The predicted octanol–water partition coefficient (Wildman–Crippen LogP) is 6.52. The maximum Gasteiger partial charge on any atom is 0.305 e. The Labute approximate surface area is 200 Å². The summed E-state index contributed by atoms with van der Waals surface area (Å²) in [5.74, 6) is 0.0161. The van der Waals surface area contributed by atoms with Crippen molar-refractivity contribution < 1.29 is 14.3 Å². The number of fused-ring (bicyclic) bond motifs is 1. The van der Waals surface area contributed by atoms with E-state index < -0.39 is 5.97 Å². The van der Waals surface area contributed by atoms with Gasteiger partial charge < -0.3 is 19.8 Å². The van der Waals surface area contributed by atoms with Crippen LogP contribution in [0.4, 0.5) is 5.13 Å². The zero-order valence-electron chi connectivity index (χ0n) is 18.8. The molecule has 2 aromatic carbocycles. The van der Waals surface area contributed by atoms with Crippen molar-refractivity contribution in [3.63, 3.8) is 0 Å². The van der Waals surface area contributed by atoms with Gasteiger partial charge in [0.2, 0.25) is 0 Å². The van der Waals surface area contributed by atoms with E-state index in [0.29, 0.717) is 10.9 Å². The van der Waals surface area contributed by atoms with Crippen molar-refractivity contribution in [2.24, 2.45) is 5.92 Å². The lowest BCUT2D eigenvalue weighted by Gasteiger charge is -2.19. The Bertz CT molecular complexity index is 1420. The Morgan fingerprint density at radius 3 is 2.65 bits per heavy atom. The molecule has 34 heavy (non-hydrogen) atoms. The zero-order valence-corrected chi connectivity index (χ0v) is 19.6. The summed E-state index contributed by atoms with van der Waals surface area (Å²) in [6.45, 7) is 4.03. The molecule has 5 aromatic rings. The number of benzene rings is 2. The number of nitrogens with zero attached hydrogens (tertiary/aromatic N) is 2. The standard InChI is InChI=1S/C26H24N4O3S/c1-15(2)21(12-23(31)32)29-26-30-24(17-8-6-16(7-9-17)22-13-27-14-33-22)25(34-26)19-4-3-5-20-18(19)10-11-28-20/h3-11,13-15,21,28H,12H2,1-2H3,(H,29,30)(H,31,32). The number of carboxylic acids is 1. The normalized spacial score (nSPS) is 12.3. The van der Waals surface area contributed by atoms with Gasteiger partial charge in [-0.2, -0.15) is 0 Å². The van der Waals surface area contributed by atoms with E-state index in [2.05, 4.69) is 27.4 Å². The van der Waals surface area contributed by atoms with Gasteiger partial charge in [-0.25, -0.2) is 9.97 Å². The van der Waals surface area contributed by atoms with Crippen LogP contribution in [0.3, 0.4) is 0 Å². The van der Waals surface area contributed by atoms with Crippen molar-refractivity contribution in [3.8, 4) is 33.0 Å². The summed E-state index contributed by atoms with van der Waals surface area (Å²) >= 11 is 1.54. The smallest absolute Gasteiger partial charge is 0.305 e. The van der Waals surface area contributed by atoms with Crippen LogP contribution in [0, 0.1) is 5.92 Å². The van der Waals surface area contributed by atoms with Gasteiger partial charge in [0.1, 0.15) is 0 Å². The van der Waals surface area contributed by atoms with E-state index >= 15 is 0 Å². The molecule has 0 bridgehead atoms. The van der Waals surface area contributed by atoms with E-state index in [9.17, 15) is 9.90 Å². The fourth-order valence-corrected chi connectivity index (χ4v) is 5.08. The molecule has 0 amide bonds. The Balaban J connectivity index is 1.59. The lowest BCUT2D eigenvalue weighted by Crippen LogP contribution is -2.28. The van der Waals surface area contributed by atoms with E-state index in [0.717, 1.165) is 38.2 Å². The Morgan fingerprint density at radius 1 is 1.15 bits per heavy atom. The molecule has 0 spiro atoms. The van der Waals surface area contributed by atoms with Crippen LogP contribution in [0.1, 0.15) is 20.3 Å². The highest BCUT2D eigenvalue weighted by Gasteiger charge is 2.22. The number of aliphatic carboxylic acids is 1. The average Bonchev–Trinajstić information content (AvgIpc) is 3.58. The lowest BCUT2D eigenvalue weighted by molar-refractivity contribution is -0.137. The van der Waals surface area contributed by atoms with Gasteiger partial charge in [0.15, 0.2) is 17.3 Å². The summed E-state index contributed by atoms with van der Waals surface area (Å²) in [6, 6.07) is 16.0. The summed E-state index contributed by atoms with van der Waals surface area (Å²) in [6.07, 6.45) is 5.06. The number of carboxylic acid groups (broad SMARTS) is 1. The van der Waals surface area contributed by atoms with Crippen molar-refractivity contribution in [2.45, 2.75) is 26.3 Å². The number of hydrogen-bond acceptors (Lipinski definition) is 6. The third-order valence-electron chi connectivity index (χ3n) is 5.85. The van der Waals surface area contributed by atoms with E-state index in [1.807, 2.05) is 56.4 Å². The number of oxazole rings is 1. The first-order valence-electron chi connectivity index (χ1n) is 11.0. The van der Waals surface area contributed by atoms with Gasteiger partial charge in [0.25, 0.3) is 0 Å². The van der Waals surface area contributed by atoms with Crippen LogP contribution < -0.4 is 5.32 Å². The molecule has 1 unspecified atom stereocenters. The summed E-state index contributed by atoms with van der Waals surface area (Å²) in [5, 5.41) is 14.6. The first kappa shape index (κ1) is 21.9. The van der Waals surface area contributed by atoms with Crippen molar-refractivity contribution in [2.75, 3.05) is 5.32 Å². The minimum Gasteiger partial charge on any atom is -0.481 e. The molecule has 0 aliphatic heterocycles. The number of thiazole rings is 1. The lowest BCUT2D eigenvalue weighted by atomic mass is 10.0. The summed E-state index contributed by atoms with van der Waals surface area (Å²) in [5.41, 5.74) is 4.89. The maximum atomic E-state index is 11.4. The number of aromatic nitrogens is 3. The fraction of sp³-hybridized carbons (Fsp3) is 0.192. The van der Waals surface area contributed by atoms with Crippen LogP contribution in [-0.2, 0) is 4.79 Å². The summed E-state index contributed by atoms with van der Waals surface area (Å²) in [7, 11) is 0. The fourth-order valence-electron chi connectivity index (χ4n) is 3.99. The molecule has 3 N–H and O–H groups in total. The molecule has 3 heterocycles. The highest BCUT2D eigenvalue weighted by Crippen LogP contribution is 2.42. The second-order valence-electron chi connectivity index (χ2n) is 8.48. The van der Waals surface area contributed by atoms with Gasteiger partial charge in [-0.3, -0.25) is 4.79 Å². The van der Waals surface area contributed by atoms with Gasteiger partial charge in [-0.1, -0.05) is 61.6 Å². The second kappa shape index (κ2) is 9.15. The van der Waals surface area contributed by atoms with E-state index in [4.69, 9.17) is 9.40 Å². The molecule has 5 rings (SSSR count). The van der Waals surface area contributed by atoms with Crippen molar-refractivity contribution in [3.05, 3.63) is 67.3 Å². The zero-order chi connectivity index (χ0) is 23.7.